The number of aromatic nitrogens is 1. The smallest absolute Gasteiger partial charge is 0.323 e. The number of aliphatic carboxylic acids is 1. The Hall–Kier alpha value is -0.980. The number of ether oxygens (including phenoxy) is 1. The molecule has 0 saturated carbocycles. The Morgan fingerprint density at radius 2 is 2.44 bits per heavy atom. The second kappa shape index (κ2) is 5.93. The monoisotopic (exact) mass is 244 g/mol. The Kier molecular flexibility index (Phi) is 4.85. The van der Waals surface area contributed by atoms with Crippen LogP contribution in [0, 0.1) is 6.92 Å². The number of hydrogen-bond acceptors (Lipinski definition) is 5. The highest BCUT2D eigenvalue weighted by Gasteiger charge is 2.23. The summed E-state index contributed by atoms with van der Waals surface area (Å²) in [6.07, 6.45) is 0. The van der Waals surface area contributed by atoms with E-state index in [-0.39, 0.29) is 6.61 Å². The zero-order valence-electron chi connectivity index (χ0n) is 9.64. The molecule has 5 nitrogen and oxygen atoms in total. The molecule has 1 rings (SSSR count). The van der Waals surface area contributed by atoms with E-state index >= 15 is 0 Å². The second-order valence-corrected chi connectivity index (χ2v) is 4.52. The van der Waals surface area contributed by atoms with E-state index in [4.69, 9.17) is 9.84 Å². The van der Waals surface area contributed by atoms with Crippen LogP contribution in [-0.4, -0.2) is 47.8 Å². The average molecular weight is 244 g/mol. The molecule has 1 aromatic rings. The van der Waals surface area contributed by atoms with Gasteiger partial charge < -0.3 is 9.84 Å². The molecular formula is C10H16N2O3S. The first kappa shape index (κ1) is 13.1. The summed E-state index contributed by atoms with van der Waals surface area (Å²) in [7, 11) is 3.28. The molecule has 1 unspecified atom stereocenters. The zero-order valence-corrected chi connectivity index (χ0v) is 10.5. The van der Waals surface area contributed by atoms with Crippen LogP contribution in [0.3, 0.4) is 0 Å². The highest BCUT2D eigenvalue weighted by molar-refractivity contribution is 7.09. The molecule has 1 heterocycles. The third-order valence-electron chi connectivity index (χ3n) is 2.38. The fourth-order valence-electron chi connectivity index (χ4n) is 1.36. The summed E-state index contributed by atoms with van der Waals surface area (Å²) < 4.78 is 4.90. The Balaban J connectivity index is 2.65. The summed E-state index contributed by atoms with van der Waals surface area (Å²) in [5.41, 5.74) is 2.73. The van der Waals surface area contributed by atoms with Crippen molar-refractivity contribution in [1.82, 2.24) is 9.88 Å². The second-order valence-electron chi connectivity index (χ2n) is 3.59. The minimum atomic E-state index is -0.869. The van der Waals surface area contributed by atoms with E-state index in [2.05, 4.69) is 4.98 Å². The number of methoxy groups -OCH3 is 1. The lowest BCUT2D eigenvalue weighted by Crippen LogP contribution is -2.41. The van der Waals surface area contributed by atoms with Crippen molar-refractivity contribution in [2.75, 3.05) is 20.8 Å². The molecule has 0 saturated heterocycles. The number of nitrogens with zero attached hydrogens (tertiary/aromatic N) is 2. The van der Waals surface area contributed by atoms with Crippen LogP contribution in [0.2, 0.25) is 0 Å². The maximum absolute atomic E-state index is 11.0. The maximum atomic E-state index is 11.0. The molecule has 0 aromatic carbocycles. The van der Waals surface area contributed by atoms with Gasteiger partial charge in [-0.1, -0.05) is 0 Å². The summed E-state index contributed by atoms with van der Waals surface area (Å²) >= 11 is 1.54. The van der Waals surface area contributed by atoms with Crippen molar-refractivity contribution in [2.45, 2.75) is 19.5 Å². The minimum absolute atomic E-state index is 0.184. The van der Waals surface area contributed by atoms with Crippen molar-refractivity contribution in [3.8, 4) is 0 Å². The van der Waals surface area contributed by atoms with E-state index in [1.54, 1.807) is 17.5 Å². The Bertz CT molecular complexity index is 354. The number of likely N-dealkylation sites (N-methyl/N-ethyl adjacent to an activating group) is 1. The van der Waals surface area contributed by atoms with Crippen molar-refractivity contribution >= 4 is 17.3 Å². The SMILES string of the molecule is COCC(C(=O)O)N(C)Cc1scnc1C. The topological polar surface area (TPSA) is 62.7 Å². The van der Waals surface area contributed by atoms with Crippen LogP contribution in [0.5, 0.6) is 0 Å². The minimum Gasteiger partial charge on any atom is -0.480 e. The molecule has 0 aliphatic heterocycles. The lowest BCUT2D eigenvalue weighted by Gasteiger charge is -2.23. The van der Waals surface area contributed by atoms with Gasteiger partial charge in [0, 0.05) is 18.5 Å². The van der Waals surface area contributed by atoms with E-state index in [1.807, 2.05) is 6.92 Å². The summed E-state index contributed by atoms with van der Waals surface area (Å²) in [5.74, 6) is -0.869. The molecule has 90 valence electrons. The predicted molar refractivity (Wildman–Crippen MR) is 61.6 cm³/mol. The van der Waals surface area contributed by atoms with Crippen LogP contribution < -0.4 is 0 Å². The first-order valence-electron chi connectivity index (χ1n) is 4.87. The van der Waals surface area contributed by atoms with E-state index < -0.39 is 12.0 Å². The van der Waals surface area contributed by atoms with Crippen LogP contribution >= 0.6 is 11.3 Å². The van der Waals surface area contributed by atoms with Gasteiger partial charge in [-0.05, 0) is 14.0 Å². The molecule has 1 aromatic heterocycles. The summed E-state index contributed by atoms with van der Waals surface area (Å²) in [5, 5.41) is 9.04. The normalized spacial score (nSPS) is 13.0. The van der Waals surface area contributed by atoms with Gasteiger partial charge in [-0.25, -0.2) is 4.98 Å². The number of carbonyl (C=O) groups is 1. The number of rotatable bonds is 6. The molecule has 0 amide bonds. The average Bonchev–Trinajstić information content (AvgIpc) is 2.60. The van der Waals surface area contributed by atoms with Gasteiger partial charge >= 0.3 is 5.97 Å². The van der Waals surface area contributed by atoms with E-state index in [1.165, 1.54) is 18.4 Å². The van der Waals surface area contributed by atoms with Gasteiger partial charge in [-0.2, -0.15) is 0 Å². The van der Waals surface area contributed by atoms with Crippen molar-refractivity contribution in [2.24, 2.45) is 0 Å². The lowest BCUT2D eigenvalue weighted by molar-refractivity contribution is -0.144. The molecule has 0 aliphatic carbocycles. The molecule has 16 heavy (non-hydrogen) atoms. The first-order valence-corrected chi connectivity index (χ1v) is 5.75. The molecule has 0 bridgehead atoms. The number of thiazole rings is 1. The van der Waals surface area contributed by atoms with Gasteiger partial charge in [0.15, 0.2) is 0 Å². The third kappa shape index (κ3) is 3.26. The van der Waals surface area contributed by atoms with Crippen molar-refractivity contribution in [1.29, 1.82) is 0 Å². The Morgan fingerprint density at radius 1 is 1.75 bits per heavy atom. The van der Waals surface area contributed by atoms with Gasteiger partial charge in [0.25, 0.3) is 0 Å². The summed E-state index contributed by atoms with van der Waals surface area (Å²) in [6.45, 7) is 2.69. The molecule has 0 radical (unpaired) electrons. The molecule has 6 heteroatoms. The number of hydrogen-bond donors (Lipinski definition) is 1. The molecular weight excluding hydrogens is 228 g/mol. The van der Waals surface area contributed by atoms with Crippen LogP contribution in [0.25, 0.3) is 0 Å². The highest BCUT2D eigenvalue weighted by Crippen LogP contribution is 2.15. The first-order chi connectivity index (χ1) is 7.56. The van der Waals surface area contributed by atoms with Gasteiger partial charge in [0.2, 0.25) is 0 Å². The Morgan fingerprint density at radius 3 is 2.88 bits per heavy atom. The molecule has 0 aliphatic rings. The fourth-order valence-corrected chi connectivity index (χ4v) is 2.20. The highest BCUT2D eigenvalue weighted by atomic mass is 32.1. The fraction of sp³-hybridized carbons (Fsp3) is 0.600. The predicted octanol–water partition coefficient (Wildman–Crippen LogP) is 0.983. The van der Waals surface area contributed by atoms with Gasteiger partial charge in [-0.15, -0.1) is 11.3 Å². The van der Waals surface area contributed by atoms with Crippen molar-refractivity contribution in [3.63, 3.8) is 0 Å². The van der Waals surface area contributed by atoms with Gasteiger partial charge in [-0.3, -0.25) is 9.69 Å². The number of aryl methyl sites for hydroxylation is 1. The van der Waals surface area contributed by atoms with Crippen LogP contribution in [0.4, 0.5) is 0 Å². The van der Waals surface area contributed by atoms with E-state index in [0.29, 0.717) is 6.54 Å². The van der Waals surface area contributed by atoms with Crippen LogP contribution in [-0.2, 0) is 16.1 Å². The lowest BCUT2D eigenvalue weighted by atomic mass is 10.2. The van der Waals surface area contributed by atoms with Gasteiger partial charge in [0.05, 0.1) is 17.8 Å². The number of carboxylic acids is 1. The Labute approximate surface area is 98.7 Å². The van der Waals surface area contributed by atoms with Crippen molar-refractivity contribution in [3.05, 3.63) is 16.1 Å². The third-order valence-corrected chi connectivity index (χ3v) is 3.30. The molecule has 0 spiro atoms. The molecule has 1 atom stereocenters. The summed E-state index contributed by atoms with van der Waals surface area (Å²) in [6, 6.07) is -0.619. The molecule has 1 N–H and O–H groups in total. The summed E-state index contributed by atoms with van der Waals surface area (Å²) in [4.78, 5) is 18.0. The maximum Gasteiger partial charge on any atom is 0.323 e. The quantitative estimate of drug-likeness (QED) is 0.808. The number of carboxylic acid groups (broad SMARTS) is 1. The van der Waals surface area contributed by atoms with Crippen LogP contribution in [0.15, 0.2) is 5.51 Å². The van der Waals surface area contributed by atoms with Crippen LogP contribution in [0.1, 0.15) is 10.6 Å². The van der Waals surface area contributed by atoms with Gasteiger partial charge in [0.1, 0.15) is 6.04 Å². The standard InChI is InChI=1S/C10H16N2O3S/c1-7-9(16-6-11-7)4-12(2)8(5-15-3)10(13)14/h6,8H,4-5H2,1-3H3,(H,13,14). The van der Waals surface area contributed by atoms with E-state index in [0.717, 1.165) is 10.6 Å². The molecule has 0 fully saturated rings. The van der Waals surface area contributed by atoms with E-state index in [9.17, 15) is 4.79 Å². The zero-order chi connectivity index (χ0) is 12.1. The van der Waals surface area contributed by atoms with Crippen molar-refractivity contribution < 1.29 is 14.6 Å². The largest absolute Gasteiger partial charge is 0.480 e.